The number of carbonyl (C=O) groups excluding carboxylic acids is 2. The summed E-state index contributed by atoms with van der Waals surface area (Å²) in [5.74, 6) is -0.305. The van der Waals surface area contributed by atoms with E-state index in [-0.39, 0.29) is 17.6 Å². The molecule has 2 aromatic carbocycles. The van der Waals surface area contributed by atoms with Crippen molar-refractivity contribution in [2.75, 3.05) is 0 Å². The van der Waals surface area contributed by atoms with Crippen LogP contribution in [0.3, 0.4) is 0 Å². The highest BCUT2D eigenvalue weighted by Crippen LogP contribution is 2.34. The molecule has 0 amide bonds. The van der Waals surface area contributed by atoms with Crippen molar-refractivity contribution in [2.45, 2.75) is 19.9 Å². The number of benzene rings is 2. The van der Waals surface area contributed by atoms with E-state index >= 15 is 0 Å². The van der Waals surface area contributed by atoms with Gasteiger partial charge in [-0.2, -0.15) is 0 Å². The smallest absolute Gasteiger partial charge is 0.194 e. The topological polar surface area (TPSA) is 46.5 Å². The molecule has 0 spiro atoms. The third kappa shape index (κ3) is 2.81. The Bertz CT molecular complexity index is 1100. The molecule has 0 heterocycles. The second-order valence-corrected chi connectivity index (χ2v) is 7.00. The third-order valence-corrected chi connectivity index (χ3v) is 4.74. The fourth-order valence-corrected chi connectivity index (χ4v) is 3.54. The molecule has 2 aromatic rings. The molecule has 132 valence electrons. The lowest BCUT2D eigenvalue weighted by molar-refractivity contribution is 0.0996. The molecule has 2 aliphatic rings. The molecule has 0 unspecified atom stereocenters. The highest BCUT2D eigenvalue weighted by atomic mass is 16.1. The van der Waals surface area contributed by atoms with Crippen molar-refractivity contribution in [1.82, 2.24) is 0 Å². The minimum Gasteiger partial charge on any atom is -0.289 e. The average Bonchev–Trinajstić information content (AvgIpc) is 2.67. The van der Waals surface area contributed by atoms with Gasteiger partial charge in [-0.25, -0.2) is 0 Å². The summed E-state index contributed by atoms with van der Waals surface area (Å²) in [6.07, 6.45) is 3.46. The van der Waals surface area contributed by atoms with E-state index in [1.165, 1.54) is 0 Å². The summed E-state index contributed by atoms with van der Waals surface area (Å²) < 4.78 is 0. The van der Waals surface area contributed by atoms with Crippen LogP contribution in [0.25, 0.3) is 5.57 Å². The highest BCUT2D eigenvalue weighted by Gasteiger charge is 2.32. The summed E-state index contributed by atoms with van der Waals surface area (Å²) >= 11 is 0. The normalized spacial score (nSPS) is 17.6. The average molecular weight is 353 g/mol. The molecule has 0 bridgehead atoms. The zero-order chi connectivity index (χ0) is 19.1. The predicted octanol–water partition coefficient (Wildman–Crippen LogP) is 4.84. The van der Waals surface area contributed by atoms with Crippen LogP contribution in [-0.2, 0) is 0 Å². The van der Waals surface area contributed by atoms with Gasteiger partial charge in [0.15, 0.2) is 11.6 Å². The van der Waals surface area contributed by atoms with Crippen molar-refractivity contribution in [3.05, 3.63) is 101 Å². The molecule has 0 radical (unpaired) electrons. The van der Waals surface area contributed by atoms with E-state index in [0.717, 1.165) is 22.4 Å². The third-order valence-electron chi connectivity index (χ3n) is 4.74. The van der Waals surface area contributed by atoms with Gasteiger partial charge in [0.05, 0.1) is 5.71 Å². The van der Waals surface area contributed by atoms with Crippen molar-refractivity contribution in [2.24, 2.45) is 4.99 Å². The zero-order valence-electron chi connectivity index (χ0n) is 15.3. The molecule has 4 rings (SSSR count). The van der Waals surface area contributed by atoms with Crippen LogP contribution in [0.5, 0.6) is 0 Å². The standard InChI is InChI=1S/C24H19NO2/c1-14(2)25-22-13-21(24(27)19-11-7-5-9-17(19)22)20-12-15(3)16-8-4-6-10-18(16)23(20)26/h4-14H,3H2,1-2H3/b25-22+. The van der Waals surface area contributed by atoms with E-state index < -0.39 is 0 Å². The lowest BCUT2D eigenvalue weighted by Gasteiger charge is -2.23. The van der Waals surface area contributed by atoms with E-state index in [2.05, 4.69) is 11.6 Å². The number of hydrogen-bond acceptors (Lipinski definition) is 3. The minimum absolute atomic E-state index is 0.0745. The minimum atomic E-state index is -0.153. The van der Waals surface area contributed by atoms with Crippen molar-refractivity contribution in [3.8, 4) is 0 Å². The number of hydrogen-bond donors (Lipinski definition) is 0. The largest absolute Gasteiger partial charge is 0.289 e. The summed E-state index contributed by atoms with van der Waals surface area (Å²) in [7, 11) is 0. The van der Waals surface area contributed by atoms with E-state index in [1.54, 1.807) is 24.3 Å². The van der Waals surface area contributed by atoms with Crippen molar-refractivity contribution >= 4 is 22.9 Å². The Morgan fingerprint density at radius 2 is 1.22 bits per heavy atom. The van der Waals surface area contributed by atoms with E-state index in [9.17, 15) is 9.59 Å². The van der Waals surface area contributed by atoms with Crippen LogP contribution in [-0.4, -0.2) is 23.3 Å². The lowest BCUT2D eigenvalue weighted by atomic mass is 9.79. The van der Waals surface area contributed by atoms with Crippen LogP contribution in [0, 0.1) is 0 Å². The molecule has 0 saturated heterocycles. The van der Waals surface area contributed by atoms with Crippen LogP contribution in [0.1, 0.15) is 45.7 Å². The molecule has 2 aliphatic carbocycles. The van der Waals surface area contributed by atoms with Gasteiger partial charge >= 0.3 is 0 Å². The molecule has 27 heavy (non-hydrogen) atoms. The zero-order valence-corrected chi connectivity index (χ0v) is 15.3. The summed E-state index contributed by atoms with van der Waals surface area (Å²) in [6.45, 7) is 8.05. The molecule has 3 heteroatoms. The molecular weight excluding hydrogens is 334 g/mol. The molecule has 0 fully saturated rings. The number of aliphatic imine (C=N–C) groups is 1. The first kappa shape index (κ1) is 17.1. The lowest BCUT2D eigenvalue weighted by Crippen LogP contribution is -2.23. The molecular formula is C24H19NO2. The maximum Gasteiger partial charge on any atom is 0.194 e. The second kappa shape index (κ2) is 6.44. The monoisotopic (exact) mass is 353 g/mol. The van der Waals surface area contributed by atoms with Gasteiger partial charge in [-0.1, -0.05) is 55.1 Å². The summed E-state index contributed by atoms with van der Waals surface area (Å²) in [5, 5.41) is 0. The number of allylic oxidation sites excluding steroid dienone is 5. The Hall–Kier alpha value is -3.33. The van der Waals surface area contributed by atoms with Gasteiger partial charge < -0.3 is 0 Å². The molecule has 0 atom stereocenters. The van der Waals surface area contributed by atoms with Crippen LogP contribution in [0.4, 0.5) is 0 Å². The van der Waals surface area contributed by atoms with Gasteiger partial charge in [0.2, 0.25) is 0 Å². The molecule has 0 aromatic heterocycles. The maximum absolute atomic E-state index is 13.2. The second-order valence-electron chi connectivity index (χ2n) is 7.00. The Labute approximate surface area is 158 Å². The summed E-state index contributed by atoms with van der Waals surface area (Å²) in [5.41, 5.74) is 5.00. The van der Waals surface area contributed by atoms with Crippen LogP contribution >= 0.6 is 0 Å². The van der Waals surface area contributed by atoms with Gasteiger partial charge in [0, 0.05) is 33.9 Å². The number of Topliss-reactive ketones (excluding diaryl/α,β-unsaturated/α-hetero) is 2. The molecule has 0 saturated carbocycles. The molecule has 0 aliphatic heterocycles. The first-order valence-electron chi connectivity index (χ1n) is 8.96. The van der Waals surface area contributed by atoms with Crippen LogP contribution < -0.4 is 0 Å². The van der Waals surface area contributed by atoms with Crippen LogP contribution in [0.15, 0.2) is 83.4 Å². The molecule has 0 N–H and O–H groups in total. The summed E-state index contributed by atoms with van der Waals surface area (Å²) in [4.78, 5) is 30.9. The Balaban J connectivity index is 1.90. The number of nitrogens with zero attached hydrogens (tertiary/aromatic N) is 1. The quantitative estimate of drug-likeness (QED) is 0.775. The Morgan fingerprint density at radius 3 is 1.81 bits per heavy atom. The molecule has 3 nitrogen and oxygen atoms in total. The van der Waals surface area contributed by atoms with Gasteiger partial charge in [-0.05, 0) is 37.1 Å². The van der Waals surface area contributed by atoms with Gasteiger partial charge in [-0.15, -0.1) is 0 Å². The predicted molar refractivity (Wildman–Crippen MR) is 108 cm³/mol. The SMILES string of the molecule is C=C1C=C(C2=C/C(=N\C(C)C)c3ccccc3C2=O)C(=O)c2ccccc21. The van der Waals surface area contributed by atoms with Gasteiger partial charge in [0.25, 0.3) is 0 Å². The number of carbonyl (C=O) groups is 2. The van der Waals surface area contributed by atoms with E-state index in [0.29, 0.717) is 22.3 Å². The van der Waals surface area contributed by atoms with E-state index in [4.69, 9.17) is 0 Å². The van der Waals surface area contributed by atoms with Crippen molar-refractivity contribution in [1.29, 1.82) is 0 Å². The van der Waals surface area contributed by atoms with Gasteiger partial charge in [-0.3, -0.25) is 14.6 Å². The first-order chi connectivity index (χ1) is 13.0. The van der Waals surface area contributed by atoms with Crippen molar-refractivity contribution < 1.29 is 9.59 Å². The first-order valence-corrected chi connectivity index (χ1v) is 8.96. The summed E-state index contributed by atoms with van der Waals surface area (Å²) in [6, 6.07) is 14.8. The van der Waals surface area contributed by atoms with Crippen LogP contribution in [0.2, 0.25) is 0 Å². The fraction of sp³-hybridized carbons (Fsp3) is 0.125. The van der Waals surface area contributed by atoms with Gasteiger partial charge in [0.1, 0.15) is 0 Å². The highest BCUT2D eigenvalue weighted by molar-refractivity contribution is 6.33. The van der Waals surface area contributed by atoms with E-state index in [1.807, 2.05) is 50.2 Å². The maximum atomic E-state index is 13.2. The number of ketones is 2. The van der Waals surface area contributed by atoms with Crippen molar-refractivity contribution in [3.63, 3.8) is 0 Å². The Morgan fingerprint density at radius 1 is 0.741 bits per heavy atom. The fourth-order valence-electron chi connectivity index (χ4n) is 3.54. The Kier molecular flexibility index (Phi) is 4.08. The number of fused-ring (bicyclic) bond motifs is 2. The number of rotatable bonds is 2.